The maximum Gasteiger partial charge on any atom is 0.270 e. The van der Waals surface area contributed by atoms with Gasteiger partial charge in [0, 0.05) is 35.9 Å². The number of hydrogen-bond acceptors (Lipinski definition) is 7. The van der Waals surface area contributed by atoms with Crippen LogP contribution in [0.2, 0.25) is 5.02 Å². The Morgan fingerprint density at radius 2 is 1.76 bits per heavy atom. The van der Waals surface area contributed by atoms with E-state index < -0.39 is 15.8 Å². The lowest BCUT2D eigenvalue weighted by Crippen LogP contribution is -2.13. The molecule has 0 spiro atoms. The summed E-state index contributed by atoms with van der Waals surface area (Å²) < 4.78 is 5.48. The van der Waals surface area contributed by atoms with Gasteiger partial charge in [0.25, 0.3) is 17.3 Å². The van der Waals surface area contributed by atoms with E-state index in [0.29, 0.717) is 5.56 Å². The van der Waals surface area contributed by atoms with Crippen LogP contribution in [0.3, 0.4) is 0 Å². The number of nitrogens with one attached hydrogen (secondary N) is 1. The fourth-order valence-corrected chi connectivity index (χ4v) is 2.66. The minimum atomic E-state index is -0.824. The maximum atomic E-state index is 12.5. The van der Waals surface area contributed by atoms with Crippen molar-refractivity contribution in [3.8, 4) is 17.4 Å². The largest absolute Gasteiger partial charge is 0.439 e. The van der Waals surface area contributed by atoms with Gasteiger partial charge >= 0.3 is 0 Å². The van der Waals surface area contributed by atoms with Crippen LogP contribution in [-0.4, -0.2) is 15.8 Å². The quantitative estimate of drug-likeness (QED) is 0.476. The summed E-state index contributed by atoms with van der Waals surface area (Å²) >= 11 is 5.94. The minimum Gasteiger partial charge on any atom is -0.439 e. The van der Waals surface area contributed by atoms with E-state index in [1.165, 1.54) is 36.4 Å². The van der Waals surface area contributed by atoms with Gasteiger partial charge in [0.2, 0.25) is 5.88 Å². The van der Waals surface area contributed by atoms with Crippen molar-refractivity contribution >= 4 is 34.8 Å². The van der Waals surface area contributed by atoms with Gasteiger partial charge in [-0.25, -0.2) is 0 Å². The van der Waals surface area contributed by atoms with Crippen molar-refractivity contribution in [2.45, 2.75) is 0 Å². The lowest BCUT2D eigenvalue weighted by atomic mass is 10.1. The fraction of sp³-hybridized carbons (Fsp3) is 0. The first-order valence-corrected chi connectivity index (χ1v) is 8.22. The average Bonchev–Trinajstić information content (AvgIpc) is 3.11. The highest BCUT2D eigenvalue weighted by atomic mass is 35.5. The lowest BCUT2D eigenvalue weighted by Gasteiger charge is -2.05. The van der Waals surface area contributed by atoms with Crippen molar-refractivity contribution in [3.05, 3.63) is 84.9 Å². The van der Waals surface area contributed by atoms with Crippen LogP contribution in [0, 0.1) is 31.6 Å². The van der Waals surface area contributed by atoms with Gasteiger partial charge in [0.05, 0.1) is 20.4 Å². The number of amides is 1. The average molecular weight is 413 g/mol. The summed E-state index contributed by atoms with van der Waals surface area (Å²) in [5.74, 6) is -0.928. The maximum absolute atomic E-state index is 12.5. The summed E-state index contributed by atoms with van der Waals surface area (Å²) in [5.41, 5.74) is -0.410. The van der Waals surface area contributed by atoms with Gasteiger partial charge in [-0.05, 0) is 6.07 Å². The Morgan fingerprint density at radius 3 is 2.41 bits per heavy atom. The van der Waals surface area contributed by atoms with E-state index in [1.807, 2.05) is 6.07 Å². The smallest absolute Gasteiger partial charge is 0.270 e. The van der Waals surface area contributed by atoms with Crippen molar-refractivity contribution in [2.24, 2.45) is 0 Å². The zero-order chi connectivity index (χ0) is 21.1. The van der Waals surface area contributed by atoms with Crippen LogP contribution >= 0.6 is 11.6 Å². The lowest BCUT2D eigenvalue weighted by molar-refractivity contribution is -0.385. The van der Waals surface area contributed by atoms with Crippen molar-refractivity contribution in [3.63, 3.8) is 0 Å². The Balaban J connectivity index is 1.95. The van der Waals surface area contributed by atoms with Crippen LogP contribution in [0.1, 0.15) is 15.9 Å². The summed E-state index contributed by atoms with van der Waals surface area (Å²) in [4.78, 5) is 33.1. The van der Waals surface area contributed by atoms with Crippen LogP contribution in [-0.2, 0) is 0 Å². The zero-order valence-electron chi connectivity index (χ0n) is 14.3. The second kappa shape index (κ2) is 7.79. The van der Waals surface area contributed by atoms with Gasteiger partial charge in [-0.1, -0.05) is 23.7 Å². The summed E-state index contributed by atoms with van der Waals surface area (Å²) in [7, 11) is 0. The first-order chi connectivity index (χ1) is 13.8. The molecule has 0 saturated carbocycles. The molecule has 0 aliphatic heterocycles. The summed E-state index contributed by atoms with van der Waals surface area (Å²) in [6, 6.07) is 12.0. The fourth-order valence-electron chi connectivity index (χ4n) is 2.45. The molecule has 0 unspecified atom stereocenters. The third kappa shape index (κ3) is 4.05. The molecule has 2 aromatic carbocycles. The Morgan fingerprint density at radius 1 is 1.07 bits per heavy atom. The number of anilines is 1. The van der Waals surface area contributed by atoms with Crippen LogP contribution < -0.4 is 5.32 Å². The number of benzene rings is 2. The van der Waals surface area contributed by atoms with Crippen molar-refractivity contribution in [1.82, 2.24) is 0 Å². The standard InChI is InChI=1S/C18H9ClN4O6/c19-15-5-4-13(23(27)28)8-14(15)17(24)21-18-11(9-20)7-16(29-18)10-2-1-3-12(6-10)22(25)26/h1-8H,(H,21,24). The molecule has 3 aromatic rings. The summed E-state index contributed by atoms with van der Waals surface area (Å²) in [6.45, 7) is 0. The topological polar surface area (TPSA) is 152 Å². The van der Waals surface area contributed by atoms with Crippen LogP contribution in [0.4, 0.5) is 17.3 Å². The van der Waals surface area contributed by atoms with Crippen LogP contribution in [0.15, 0.2) is 52.9 Å². The van der Waals surface area contributed by atoms with E-state index in [0.717, 1.165) is 12.1 Å². The Hall–Kier alpha value is -4.23. The first kappa shape index (κ1) is 19.5. The van der Waals surface area contributed by atoms with Gasteiger partial charge in [0.15, 0.2) is 0 Å². The first-order valence-electron chi connectivity index (χ1n) is 7.84. The molecule has 11 heteroatoms. The Labute approximate surface area is 167 Å². The van der Waals surface area contributed by atoms with E-state index in [2.05, 4.69) is 5.32 Å². The number of furan rings is 1. The molecular weight excluding hydrogens is 404 g/mol. The van der Waals surface area contributed by atoms with Gasteiger partial charge in [0.1, 0.15) is 17.4 Å². The molecule has 0 atom stereocenters. The molecule has 1 heterocycles. The van der Waals surface area contributed by atoms with Crippen LogP contribution in [0.5, 0.6) is 0 Å². The van der Waals surface area contributed by atoms with Gasteiger partial charge < -0.3 is 4.42 Å². The molecule has 0 saturated heterocycles. The summed E-state index contributed by atoms with van der Waals surface area (Å²) in [6.07, 6.45) is 0. The Bertz CT molecular complexity index is 1200. The molecule has 0 aliphatic rings. The molecule has 0 bridgehead atoms. The zero-order valence-corrected chi connectivity index (χ0v) is 15.0. The van der Waals surface area contributed by atoms with Crippen molar-refractivity contribution < 1.29 is 19.1 Å². The highest BCUT2D eigenvalue weighted by Crippen LogP contribution is 2.31. The number of nitriles is 1. The van der Waals surface area contributed by atoms with Crippen molar-refractivity contribution in [2.75, 3.05) is 5.32 Å². The molecule has 10 nitrogen and oxygen atoms in total. The number of halogens is 1. The predicted molar refractivity (Wildman–Crippen MR) is 102 cm³/mol. The molecule has 0 fully saturated rings. The number of carbonyl (C=O) groups is 1. The molecule has 0 radical (unpaired) electrons. The highest BCUT2D eigenvalue weighted by molar-refractivity contribution is 6.34. The van der Waals surface area contributed by atoms with Gasteiger partial charge in [-0.3, -0.25) is 30.3 Å². The molecule has 29 heavy (non-hydrogen) atoms. The van der Waals surface area contributed by atoms with E-state index in [-0.39, 0.29) is 39.2 Å². The molecule has 1 amide bonds. The van der Waals surface area contributed by atoms with E-state index in [4.69, 9.17) is 16.0 Å². The van der Waals surface area contributed by atoms with E-state index >= 15 is 0 Å². The predicted octanol–water partition coefficient (Wildman–Crippen LogP) is 4.54. The number of rotatable bonds is 5. The normalized spacial score (nSPS) is 10.2. The summed E-state index contributed by atoms with van der Waals surface area (Å²) in [5, 5.41) is 33.4. The second-order valence-electron chi connectivity index (χ2n) is 5.65. The monoisotopic (exact) mass is 412 g/mol. The number of nitro benzene ring substituents is 2. The second-order valence-corrected chi connectivity index (χ2v) is 6.06. The number of carbonyl (C=O) groups excluding carboxylic acids is 1. The van der Waals surface area contributed by atoms with Gasteiger partial charge in [-0.2, -0.15) is 5.26 Å². The molecule has 3 rings (SSSR count). The van der Waals surface area contributed by atoms with Crippen molar-refractivity contribution in [1.29, 1.82) is 5.26 Å². The highest BCUT2D eigenvalue weighted by Gasteiger charge is 2.20. The molecule has 0 aliphatic carbocycles. The number of nitrogens with zero attached hydrogens (tertiary/aromatic N) is 3. The Kier molecular flexibility index (Phi) is 5.25. The van der Waals surface area contributed by atoms with Crippen LogP contribution in [0.25, 0.3) is 11.3 Å². The minimum absolute atomic E-state index is 0.0305. The number of non-ortho nitro benzene ring substituents is 2. The third-order valence-electron chi connectivity index (χ3n) is 3.83. The van der Waals surface area contributed by atoms with E-state index in [9.17, 15) is 30.3 Å². The number of nitro groups is 2. The van der Waals surface area contributed by atoms with Gasteiger partial charge in [-0.15, -0.1) is 0 Å². The molecule has 1 N–H and O–H groups in total. The number of hydrogen-bond donors (Lipinski definition) is 1. The SMILES string of the molecule is N#Cc1cc(-c2cccc([N+](=O)[O-])c2)oc1NC(=O)c1cc([N+](=O)[O-])ccc1Cl. The molecule has 1 aromatic heterocycles. The molecular formula is C18H9ClN4O6. The molecule has 144 valence electrons. The van der Waals surface area contributed by atoms with E-state index in [1.54, 1.807) is 0 Å². The third-order valence-corrected chi connectivity index (χ3v) is 4.16.